The number of hydrogen-bond acceptors (Lipinski definition) is 4. The number of aliphatic hydroxyl groups is 1. The molecule has 0 saturated heterocycles. The molecule has 28 heavy (non-hydrogen) atoms. The topological polar surface area (TPSA) is 80.0 Å². The van der Waals surface area contributed by atoms with Crippen molar-refractivity contribution in [3.63, 3.8) is 0 Å². The number of hydrogen-bond donors (Lipinski definition) is 2. The van der Waals surface area contributed by atoms with Crippen LogP contribution in [0.15, 0.2) is 42.9 Å². The van der Waals surface area contributed by atoms with E-state index < -0.39 is 5.60 Å². The van der Waals surface area contributed by atoms with Gasteiger partial charge in [0.1, 0.15) is 0 Å². The third kappa shape index (κ3) is 3.64. The number of carbonyl (C=O) groups is 1. The summed E-state index contributed by atoms with van der Waals surface area (Å²) in [6, 6.07) is 7.69. The van der Waals surface area contributed by atoms with Crippen LogP contribution < -0.4 is 5.32 Å². The van der Waals surface area contributed by atoms with Crippen molar-refractivity contribution < 1.29 is 9.90 Å². The molecule has 0 bridgehead atoms. The van der Waals surface area contributed by atoms with Gasteiger partial charge in [0.2, 0.25) is 5.95 Å². The molecule has 6 heteroatoms. The highest BCUT2D eigenvalue weighted by Gasteiger charge is 2.29. The van der Waals surface area contributed by atoms with E-state index in [1.807, 2.05) is 29.7 Å². The predicted octanol–water partition coefficient (Wildman–Crippen LogP) is 3.54. The molecule has 1 amide bonds. The number of amides is 1. The fourth-order valence-corrected chi connectivity index (χ4v) is 4.12. The molecule has 3 aromatic rings. The number of nitrogens with one attached hydrogen (secondary N) is 1. The Morgan fingerprint density at radius 2 is 1.86 bits per heavy atom. The molecule has 0 radical (unpaired) electrons. The van der Waals surface area contributed by atoms with Crippen LogP contribution in [0.3, 0.4) is 0 Å². The predicted molar refractivity (Wildman–Crippen MR) is 109 cm³/mol. The van der Waals surface area contributed by atoms with Gasteiger partial charge in [-0.15, -0.1) is 0 Å². The lowest BCUT2D eigenvalue weighted by molar-refractivity contribution is 0.0246. The minimum absolute atomic E-state index is 0.174. The van der Waals surface area contributed by atoms with Gasteiger partial charge in [0.15, 0.2) is 0 Å². The van der Waals surface area contributed by atoms with Crippen molar-refractivity contribution in [1.29, 1.82) is 0 Å². The van der Waals surface area contributed by atoms with Crippen LogP contribution in [0, 0.1) is 6.92 Å². The highest BCUT2D eigenvalue weighted by molar-refractivity contribution is 6.08. The van der Waals surface area contributed by atoms with E-state index in [9.17, 15) is 9.90 Å². The number of aryl methyl sites for hydroxylation is 1. The van der Waals surface area contributed by atoms with Gasteiger partial charge in [-0.25, -0.2) is 9.97 Å². The zero-order valence-electron chi connectivity index (χ0n) is 16.2. The van der Waals surface area contributed by atoms with Gasteiger partial charge in [0.05, 0.1) is 16.7 Å². The van der Waals surface area contributed by atoms with Crippen molar-refractivity contribution in [3.05, 3.63) is 54.0 Å². The van der Waals surface area contributed by atoms with E-state index in [0.717, 1.165) is 55.0 Å². The van der Waals surface area contributed by atoms with Crippen molar-refractivity contribution in [2.24, 2.45) is 0 Å². The molecular weight excluding hydrogens is 352 g/mol. The fraction of sp³-hybridized carbons (Fsp3) is 0.409. The number of fused-ring (bicyclic) bond motifs is 1. The summed E-state index contributed by atoms with van der Waals surface area (Å²) in [6.45, 7) is 2.28. The summed E-state index contributed by atoms with van der Waals surface area (Å²) in [5, 5.41) is 14.7. The zero-order chi connectivity index (χ0) is 19.6. The monoisotopic (exact) mass is 378 g/mol. The Hall–Kier alpha value is -2.73. The van der Waals surface area contributed by atoms with Crippen molar-refractivity contribution in [1.82, 2.24) is 19.9 Å². The van der Waals surface area contributed by atoms with E-state index in [1.54, 1.807) is 24.7 Å². The smallest absolute Gasteiger partial charge is 0.253 e. The summed E-state index contributed by atoms with van der Waals surface area (Å²) in [4.78, 5) is 21.7. The molecule has 4 rings (SSSR count). The van der Waals surface area contributed by atoms with E-state index in [-0.39, 0.29) is 12.5 Å². The molecule has 2 N–H and O–H groups in total. The largest absolute Gasteiger partial charge is 0.388 e. The summed E-state index contributed by atoms with van der Waals surface area (Å²) in [7, 11) is 0. The molecule has 1 fully saturated rings. The van der Waals surface area contributed by atoms with E-state index in [1.165, 1.54) is 0 Å². The van der Waals surface area contributed by atoms with Crippen LogP contribution in [0.1, 0.15) is 54.4 Å². The van der Waals surface area contributed by atoms with Gasteiger partial charge in [-0.1, -0.05) is 37.8 Å². The number of aromatic nitrogens is 3. The first-order valence-corrected chi connectivity index (χ1v) is 9.96. The molecule has 0 spiro atoms. The lowest BCUT2D eigenvalue weighted by atomic mass is 9.94. The Balaban J connectivity index is 1.65. The quantitative estimate of drug-likeness (QED) is 0.681. The van der Waals surface area contributed by atoms with Crippen LogP contribution in [0.25, 0.3) is 16.9 Å². The third-order valence-electron chi connectivity index (χ3n) is 5.66. The first-order valence-electron chi connectivity index (χ1n) is 9.96. The zero-order valence-corrected chi connectivity index (χ0v) is 16.2. The molecule has 1 saturated carbocycles. The molecule has 1 aromatic carbocycles. The molecule has 2 heterocycles. The Bertz CT molecular complexity index is 973. The van der Waals surface area contributed by atoms with E-state index in [2.05, 4.69) is 15.3 Å². The maximum Gasteiger partial charge on any atom is 0.253 e. The lowest BCUT2D eigenvalue weighted by Gasteiger charge is -2.26. The molecule has 0 unspecified atom stereocenters. The summed E-state index contributed by atoms with van der Waals surface area (Å²) in [5.41, 5.74) is 1.69. The fourth-order valence-electron chi connectivity index (χ4n) is 4.12. The average molecular weight is 378 g/mol. The van der Waals surface area contributed by atoms with Crippen molar-refractivity contribution in [2.75, 3.05) is 6.54 Å². The van der Waals surface area contributed by atoms with Crippen LogP contribution in [0.2, 0.25) is 0 Å². The summed E-state index contributed by atoms with van der Waals surface area (Å²) in [5.74, 6) is 0.353. The molecule has 1 aliphatic rings. The van der Waals surface area contributed by atoms with Crippen LogP contribution >= 0.6 is 0 Å². The van der Waals surface area contributed by atoms with Gasteiger partial charge in [-0.3, -0.25) is 9.36 Å². The van der Waals surface area contributed by atoms with E-state index >= 15 is 0 Å². The second kappa shape index (κ2) is 7.72. The summed E-state index contributed by atoms with van der Waals surface area (Å²) >= 11 is 0. The van der Waals surface area contributed by atoms with Gasteiger partial charge in [-0.2, -0.15) is 0 Å². The Kier molecular flexibility index (Phi) is 5.13. The first-order chi connectivity index (χ1) is 13.6. The average Bonchev–Trinajstić information content (AvgIpc) is 2.98. The standard InChI is InChI=1S/C22H26N4O2/c1-16-8-6-9-18-19(16)17(14-26(18)21-23-12-7-13-24-21)20(27)25-15-22(28)10-4-2-3-5-11-22/h6-9,12-14,28H,2-5,10-11,15H2,1H3,(H,25,27). The van der Waals surface area contributed by atoms with Gasteiger partial charge in [0.25, 0.3) is 5.91 Å². The third-order valence-corrected chi connectivity index (χ3v) is 5.66. The number of benzene rings is 1. The molecule has 1 aliphatic carbocycles. The van der Waals surface area contributed by atoms with Crippen molar-refractivity contribution >= 4 is 16.8 Å². The minimum Gasteiger partial charge on any atom is -0.388 e. The van der Waals surface area contributed by atoms with Gasteiger partial charge in [0, 0.05) is 30.5 Å². The number of nitrogens with zero attached hydrogens (tertiary/aromatic N) is 3. The lowest BCUT2D eigenvalue weighted by Crippen LogP contribution is -2.42. The molecule has 146 valence electrons. The summed E-state index contributed by atoms with van der Waals surface area (Å²) in [6.07, 6.45) is 11.0. The van der Waals surface area contributed by atoms with Crippen LogP contribution in [0.4, 0.5) is 0 Å². The van der Waals surface area contributed by atoms with E-state index in [4.69, 9.17) is 0 Å². The Morgan fingerprint density at radius 1 is 1.14 bits per heavy atom. The van der Waals surface area contributed by atoms with Gasteiger partial charge < -0.3 is 10.4 Å². The second-order valence-corrected chi connectivity index (χ2v) is 7.75. The highest BCUT2D eigenvalue weighted by Crippen LogP contribution is 2.28. The molecule has 0 atom stereocenters. The van der Waals surface area contributed by atoms with Crippen molar-refractivity contribution in [3.8, 4) is 5.95 Å². The van der Waals surface area contributed by atoms with E-state index in [0.29, 0.717) is 11.5 Å². The SMILES string of the molecule is Cc1cccc2c1c(C(=O)NCC1(O)CCCCCC1)cn2-c1ncccn1. The van der Waals surface area contributed by atoms with Gasteiger partial charge in [-0.05, 0) is 37.5 Å². The maximum atomic E-state index is 13.0. The maximum absolute atomic E-state index is 13.0. The number of rotatable bonds is 4. The first kappa shape index (κ1) is 18.6. The van der Waals surface area contributed by atoms with Crippen LogP contribution in [-0.4, -0.2) is 37.7 Å². The Labute approximate surface area is 164 Å². The molecule has 6 nitrogen and oxygen atoms in total. The van der Waals surface area contributed by atoms with Crippen LogP contribution in [-0.2, 0) is 0 Å². The van der Waals surface area contributed by atoms with Crippen molar-refractivity contribution in [2.45, 2.75) is 51.0 Å². The number of carbonyl (C=O) groups excluding carboxylic acids is 1. The molecule has 0 aliphatic heterocycles. The molecule has 2 aromatic heterocycles. The van der Waals surface area contributed by atoms with Crippen LogP contribution in [0.5, 0.6) is 0 Å². The highest BCUT2D eigenvalue weighted by atomic mass is 16.3. The second-order valence-electron chi connectivity index (χ2n) is 7.75. The van der Waals surface area contributed by atoms with Gasteiger partial charge >= 0.3 is 0 Å². The normalized spacial score (nSPS) is 16.6. The Morgan fingerprint density at radius 3 is 2.57 bits per heavy atom. The molecular formula is C22H26N4O2. The minimum atomic E-state index is -0.803. The summed E-state index contributed by atoms with van der Waals surface area (Å²) < 4.78 is 1.84.